The molecule has 4 heteroatoms. The van der Waals surface area contributed by atoms with Gasteiger partial charge in [0, 0.05) is 13.1 Å². The van der Waals surface area contributed by atoms with E-state index in [1.54, 1.807) is 0 Å². The average Bonchev–Trinajstić information content (AvgIpc) is 1.86. The molecule has 0 spiro atoms. The smallest absolute Gasteiger partial charge is 0.290 e. The minimum absolute atomic E-state index is 0.250. The Morgan fingerprint density at radius 1 is 1.78 bits per heavy atom. The molecule has 0 rings (SSSR count). The Labute approximate surface area is 55.1 Å². The molecule has 0 aliphatic rings. The molecule has 0 radical (unpaired) electrons. The zero-order valence-corrected chi connectivity index (χ0v) is 5.63. The van der Waals surface area contributed by atoms with Crippen LogP contribution < -0.4 is 11.1 Å². The lowest BCUT2D eigenvalue weighted by atomic mass is 10.6. The minimum atomic E-state index is -0.250. The maximum Gasteiger partial charge on any atom is 0.290 e. The number of likely N-dealkylation sites (N-methyl/N-ethyl adjacent to an activating group) is 1. The Morgan fingerprint density at radius 3 is 2.33 bits per heavy atom. The van der Waals surface area contributed by atoms with E-state index in [2.05, 4.69) is 12.2 Å². The van der Waals surface area contributed by atoms with Gasteiger partial charge in [-0.25, -0.2) is 0 Å². The first-order valence-electron chi connectivity index (χ1n) is 2.82. The van der Waals surface area contributed by atoms with E-state index in [0.29, 0.717) is 0 Å². The van der Waals surface area contributed by atoms with E-state index in [1.807, 2.05) is 0 Å². The molecule has 4 nitrogen and oxygen atoms in total. The molecule has 0 aliphatic heterocycles. The van der Waals surface area contributed by atoms with Crippen LogP contribution in [0.25, 0.3) is 0 Å². The van der Waals surface area contributed by atoms with Crippen LogP contribution in [0.3, 0.4) is 0 Å². The van der Waals surface area contributed by atoms with E-state index in [-0.39, 0.29) is 6.47 Å². The number of carboxylic acid groups (broad SMARTS) is 1. The molecule has 0 amide bonds. The van der Waals surface area contributed by atoms with Gasteiger partial charge in [-0.1, -0.05) is 6.92 Å². The molecule has 0 aromatic rings. The number of nitrogens with one attached hydrogen (secondary N) is 1. The average molecular weight is 134 g/mol. The third-order valence-electron chi connectivity index (χ3n) is 0.571. The number of hydrogen-bond acceptors (Lipinski definition) is 3. The van der Waals surface area contributed by atoms with Gasteiger partial charge >= 0.3 is 0 Å². The Balaban J connectivity index is 0. The lowest BCUT2D eigenvalue weighted by molar-refractivity contribution is -0.122. The molecule has 4 N–H and O–H groups in total. The van der Waals surface area contributed by atoms with Gasteiger partial charge in [-0.15, -0.1) is 0 Å². The summed E-state index contributed by atoms with van der Waals surface area (Å²) in [5.74, 6) is 0. The number of rotatable bonds is 3. The largest absolute Gasteiger partial charge is 0.483 e. The predicted octanol–water partition coefficient (Wildman–Crippen LogP) is -0.745. The van der Waals surface area contributed by atoms with Crippen molar-refractivity contribution >= 4 is 6.47 Å². The van der Waals surface area contributed by atoms with Gasteiger partial charge in [0.25, 0.3) is 6.47 Å². The molecule has 0 atom stereocenters. The Kier molecular flexibility index (Phi) is 19.5. The first-order chi connectivity index (χ1) is 4.33. The monoisotopic (exact) mass is 134 g/mol. The normalized spacial score (nSPS) is 7.33. The fraction of sp³-hybridized carbons (Fsp3) is 0.800. The molecule has 9 heavy (non-hydrogen) atoms. The highest BCUT2D eigenvalue weighted by atomic mass is 16.3. The van der Waals surface area contributed by atoms with E-state index >= 15 is 0 Å². The highest BCUT2D eigenvalue weighted by Crippen LogP contribution is 1.48. The van der Waals surface area contributed by atoms with Crippen molar-refractivity contribution < 1.29 is 9.90 Å². The lowest BCUT2D eigenvalue weighted by Gasteiger charge is -1.92. The summed E-state index contributed by atoms with van der Waals surface area (Å²) < 4.78 is 0. The zero-order valence-electron chi connectivity index (χ0n) is 5.63. The molecule has 0 fully saturated rings. The SMILES string of the molecule is CCNCCN.O=CO. The molecule has 0 aliphatic carbocycles. The summed E-state index contributed by atoms with van der Waals surface area (Å²) in [6.45, 7) is 4.52. The van der Waals surface area contributed by atoms with Gasteiger partial charge in [0.1, 0.15) is 0 Å². The van der Waals surface area contributed by atoms with Gasteiger partial charge in [0.2, 0.25) is 0 Å². The van der Waals surface area contributed by atoms with E-state index in [0.717, 1.165) is 19.6 Å². The fourth-order valence-corrected chi connectivity index (χ4v) is 0.279. The summed E-state index contributed by atoms with van der Waals surface area (Å²) in [7, 11) is 0. The standard InChI is InChI=1S/C4H12N2.CH2O2/c1-2-6-4-3-5;2-1-3/h6H,2-5H2,1H3;1H,(H,2,3). The van der Waals surface area contributed by atoms with Crippen molar-refractivity contribution in [3.8, 4) is 0 Å². The highest BCUT2D eigenvalue weighted by molar-refractivity contribution is 5.32. The van der Waals surface area contributed by atoms with Crippen LogP contribution in [0.2, 0.25) is 0 Å². The molecule has 0 bridgehead atoms. The topological polar surface area (TPSA) is 75.3 Å². The molecule has 0 aromatic heterocycles. The van der Waals surface area contributed by atoms with Gasteiger partial charge < -0.3 is 16.2 Å². The highest BCUT2D eigenvalue weighted by Gasteiger charge is 1.71. The first kappa shape index (κ1) is 11.2. The predicted molar refractivity (Wildman–Crippen MR) is 36.3 cm³/mol. The third kappa shape index (κ3) is 37.6. The van der Waals surface area contributed by atoms with Crippen molar-refractivity contribution in [2.45, 2.75) is 6.92 Å². The summed E-state index contributed by atoms with van der Waals surface area (Å²) in [5, 5.41) is 9.96. The summed E-state index contributed by atoms with van der Waals surface area (Å²) in [5.41, 5.74) is 5.15. The maximum absolute atomic E-state index is 8.36. The zero-order chi connectivity index (χ0) is 7.54. The van der Waals surface area contributed by atoms with Crippen molar-refractivity contribution in [3.63, 3.8) is 0 Å². The first-order valence-corrected chi connectivity index (χ1v) is 2.82. The van der Waals surface area contributed by atoms with Crippen LogP contribution in [0.1, 0.15) is 6.92 Å². The maximum atomic E-state index is 8.36. The van der Waals surface area contributed by atoms with Crippen LogP contribution in [0.4, 0.5) is 0 Å². The number of hydrogen-bond donors (Lipinski definition) is 3. The Hall–Kier alpha value is -0.610. The van der Waals surface area contributed by atoms with E-state index in [9.17, 15) is 0 Å². The summed E-state index contributed by atoms with van der Waals surface area (Å²) in [6.07, 6.45) is 0. The molecular weight excluding hydrogens is 120 g/mol. The van der Waals surface area contributed by atoms with Crippen molar-refractivity contribution in [2.75, 3.05) is 19.6 Å². The quantitative estimate of drug-likeness (QED) is 0.351. The Bertz CT molecular complexity index is 46.2. The second-order valence-corrected chi connectivity index (χ2v) is 1.25. The van der Waals surface area contributed by atoms with Crippen LogP contribution >= 0.6 is 0 Å². The Morgan fingerprint density at radius 2 is 2.22 bits per heavy atom. The van der Waals surface area contributed by atoms with Crippen molar-refractivity contribution in [3.05, 3.63) is 0 Å². The van der Waals surface area contributed by atoms with Crippen LogP contribution in [-0.2, 0) is 4.79 Å². The van der Waals surface area contributed by atoms with E-state index in [4.69, 9.17) is 15.6 Å². The van der Waals surface area contributed by atoms with E-state index < -0.39 is 0 Å². The van der Waals surface area contributed by atoms with Gasteiger partial charge in [0.05, 0.1) is 0 Å². The van der Waals surface area contributed by atoms with E-state index in [1.165, 1.54) is 0 Å². The third-order valence-corrected chi connectivity index (χ3v) is 0.571. The summed E-state index contributed by atoms with van der Waals surface area (Å²) >= 11 is 0. The number of carbonyl (C=O) groups is 1. The molecule has 56 valence electrons. The molecule has 0 saturated heterocycles. The van der Waals surface area contributed by atoms with Gasteiger partial charge in [0.15, 0.2) is 0 Å². The van der Waals surface area contributed by atoms with Crippen molar-refractivity contribution in [1.29, 1.82) is 0 Å². The van der Waals surface area contributed by atoms with Crippen molar-refractivity contribution in [2.24, 2.45) is 5.73 Å². The molecule has 0 unspecified atom stereocenters. The molecule has 0 aromatic carbocycles. The second-order valence-electron chi connectivity index (χ2n) is 1.25. The lowest BCUT2D eigenvalue weighted by Crippen LogP contribution is -2.21. The molecular formula is C5H14N2O2. The van der Waals surface area contributed by atoms with Gasteiger partial charge in [-0.2, -0.15) is 0 Å². The van der Waals surface area contributed by atoms with Crippen LogP contribution in [0.5, 0.6) is 0 Å². The second kappa shape index (κ2) is 15.7. The number of nitrogens with two attached hydrogens (primary N) is 1. The molecule has 0 heterocycles. The van der Waals surface area contributed by atoms with Gasteiger partial charge in [-0.05, 0) is 6.54 Å². The minimum Gasteiger partial charge on any atom is -0.483 e. The fourth-order valence-electron chi connectivity index (χ4n) is 0.279. The van der Waals surface area contributed by atoms with Gasteiger partial charge in [-0.3, -0.25) is 4.79 Å². The van der Waals surface area contributed by atoms with Crippen LogP contribution in [0, 0.1) is 0 Å². The van der Waals surface area contributed by atoms with Crippen molar-refractivity contribution in [1.82, 2.24) is 5.32 Å². The van der Waals surface area contributed by atoms with Crippen LogP contribution in [0.15, 0.2) is 0 Å². The van der Waals surface area contributed by atoms with Crippen LogP contribution in [-0.4, -0.2) is 31.2 Å². The summed E-state index contributed by atoms with van der Waals surface area (Å²) in [4.78, 5) is 8.36. The summed E-state index contributed by atoms with van der Waals surface area (Å²) in [6, 6.07) is 0. The molecule has 0 saturated carbocycles.